The molecule has 0 rings (SSSR count). The zero-order valence-corrected chi connectivity index (χ0v) is 50.5. The van der Waals surface area contributed by atoms with Gasteiger partial charge in [-0.15, -0.1) is 0 Å². The lowest BCUT2D eigenvalue weighted by Gasteiger charge is -2.39. The molecule has 0 aromatic carbocycles. The molecule has 0 aliphatic carbocycles. The first-order valence-corrected chi connectivity index (χ1v) is 27.0. The summed E-state index contributed by atoms with van der Waals surface area (Å²) < 4.78 is 0. The first kappa shape index (κ1) is 71.1. The summed E-state index contributed by atoms with van der Waals surface area (Å²) in [6.45, 7) is 24.0. The van der Waals surface area contributed by atoms with Crippen molar-refractivity contribution in [2.75, 3.05) is 62.9 Å². The Labute approximate surface area is 459 Å². The third-order valence-electron chi connectivity index (χ3n) is 13.6. The van der Waals surface area contributed by atoms with E-state index in [1.165, 1.54) is 107 Å². The highest BCUT2D eigenvalue weighted by Crippen LogP contribution is 2.22. The molecule has 23 heteroatoms. The number of carbonyl (C=O) groups excluding carboxylic acids is 11. The molecule has 0 heterocycles. The normalized spacial score (nSPS) is 15.4. The molecule has 5 N–H and O–H groups in total. The largest absolute Gasteiger partial charge is 0.391 e. The van der Waals surface area contributed by atoms with Crippen LogP contribution in [-0.2, 0) is 52.7 Å². The predicted octanol–water partition coefficient (Wildman–Crippen LogP) is 0.908. The molecule has 0 radical (unpaired) electrons. The molecule has 10 atom stereocenters. The second kappa shape index (κ2) is 32.8. The molecule has 442 valence electrons. The quantitative estimate of drug-likeness (QED) is 0.0589. The third kappa shape index (κ3) is 21.5. The molecule has 0 aromatic rings. The van der Waals surface area contributed by atoms with Crippen molar-refractivity contribution in [1.82, 2.24) is 55.6 Å². The van der Waals surface area contributed by atoms with Crippen LogP contribution < -0.4 is 21.3 Å². The van der Waals surface area contributed by atoms with Crippen LogP contribution in [0.4, 0.5) is 0 Å². The maximum absolute atomic E-state index is 14.5. The Hall–Kier alpha value is -5.87. The summed E-state index contributed by atoms with van der Waals surface area (Å²) in [5.74, 6) is -6.79. The maximum Gasteiger partial charge on any atom is 0.247 e. The van der Waals surface area contributed by atoms with Crippen LogP contribution in [0.2, 0.25) is 0 Å². The van der Waals surface area contributed by atoms with Crippen LogP contribution in [0.1, 0.15) is 129 Å². The molecule has 11 amide bonds. The molecular formula is C54H99N11O12. The van der Waals surface area contributed by atoms with E-state index in [1.807, 2.05) is 55.4 Å². The van der Waals surface area contributed by atoms with Gasteiger partial charge in [0, 0.05) is 56.4 Å². The minimum absolute atomic E-state index is 0.0745. The monoisotopic (exact) mass is 1090 g/mol. The fourth-order valence-electron chi connectivity index (χ4n) is 8.89. The summed E-state index contributed by atoms with van der Waals surface area (Å²) in [7, 11) is 11.6. The average molecular weight is 1090 g/mol. The summed E-state index contributed by atoms with van der Waals surface area (Å²) in [5.41, 5.74) is 0. The van der Waals surface area contributed by atoms with Crippen LogP contribution >= 0.6 is 0 Å². The van der Waals surface area contributed by atoms with Gasteiger partial charge in [-0.3, -0.25) is 52.7 Å². The lowest BCUT2D eigenvalue weighted by molar-refractivity contribution is -0.155. The molecule has 1 unspecified atom stereocenters. The fraction of sp³-hybridized carbons (Fsp3) is 0.796. The van der Waals surface area contributed by atoms with Crippen molar-refractivity contribution in [3.8, 4) is 0 Å². The molecule has 0 fully saturated rings. The summed E-state index contributed by atoms with van der Waals surface area (Å²) in [5, 5.41) is 21.2. The van der Waals surface area contributed by atoms with Crippen molar-refractivity contribution in [1.29, 1.82) is 0 Å². The van der Waals surface area contributed by atoms with Crippen LogP contribution in [0.25, 0.3) is 0 Å². The van der Waals surface area contributed by atoms with Gasteiger partial charge in [0.1, 0.15) is 54.4 Å². The zero-order chi connectivity index (χ0) is 60.3. The van der Waals surface area contributed by atoms with Crippen LogP contribution in [0.5, 0.6) is 0 Å². The number of carbonyl (C=O) groups is 11. The lowest BCUT2D eigenvalue weighted by Crippen LogP contribution is -2.61. The summed E-state index contributed by atoms with van der Waals surface area (Å²) in [6.07, 6.45) is 0.264. The van der Waals surface area contributed by atoms with E-state index in [4.69, 9.17) is 0 Å². The van der Waals surface area contributed by atoms with Gasteiger partial charge >= 0.3 is 0 Å². The van der Waals surface area contributed by atoms with Crippen molar-refractivity contribution in [3.05, 3.63) is 0 Å². The molecule has 0 saturated carbocycles. The van der Waals surface area contributed by atoms with E-state index in [2.05, 4.69) is 21.3 Å². The third-order valence-corrected chi connectivity index (χ3v) is 13.6. The zero-order valence-electron chi connectivity index (χ0n) is 50.5. The van der Waals surface area contributed by atoms with Gasteiger partial charge in [0.2, 0.25) is 65.5 Å². The van der Waals surface area contributed by atoms with E-state index in [0.29, 0.717) is 12.8 Å². The van der Waals surface area contributed by atoms with E-state index in [9.17, 15) is 57.8 Å². The highest BCUT2D eigenvalue weighted by Gasteiger charge is 2.42. The van der Waals surface area contributed by atoms with E-state index >= 15 is 0 Å². The number of likely N-dealkylation sites (N-methyl/N-ethyl adjacent to an activating group) is 7. The highest BCUT2D eigenvalue weighted by molar-refractivity contribution is 5.98. The van der Waals surface area contributed by atoms with Crippen LogP contribution in [0.15, 0.2) is 0 Å². The Balaban J connectivity index is 6.52. The second-order valence-electron chi connectivity index (χ2n) is 22.9. The van der Waals surface area contributed by atoms with Gasteiger partial charge in [-0.2, -0.15) is 0 Å². The molecule has 77 heavy (non-hydrogen) atoms. The molecular weight excluding hydrogens is 995 g/mol. The molecule has 0 aliphatic heterocycles. The number of aliphatic hydroxyl groups excluding tert-OH is 1. The van der Waals surface area contributed by atoms with Gasteiger partial charge in [0.15, 0.2) is 0 Å². The van der Waals surface area contributed by atoms with Crippen molar-refractivity contribution in [3.63, 3.8) is 0 Å². The van der Waals surface area contributed by atoms with Gasteiger partial charge in [-0.25, -0.2) is 0 Å². The van der Waals surface area contributed by atoms with Crippen LogP contribution in [0.3, 0.4) is 0 Å². The van der Waals surface area contributed by atoms with Crippen LogP contribution in [0, 0.1) is 29.6 Å². The lowest BCUT2D eigenvalue weighted by atomic mass is 9.96. The molecule has 0 spiro atoms. The highest BCUT2D eigenvalue weighted by atomic mass is 16.3. The van der Waals surface area contributed by atoms with E-state index in [1.54, 1.807) is 20.8 Å². The van der Waals surface area contributed by atoms with Gasteiger partial charge in [-0.1, -0.05) is 76.2 Å². The number of rotatable bonds is 32. The Kier molecular flexibility index (Phi) is 30.3. The Bertz CT molecular complexity index is 2010. The number of hydrogen-bond acceptors (Lipinski definition) is 12. The molecule has 23 nitrogen and oxygen atoms in total. The van der Waals surface area contributed by atoms with E-state index < -0.39 is 125 Å². The number of aliphatic hydroxyl groups is 1. The molecule has 0 aromatic heterocycles. The van der Waals surface area contributed by atoms with Crippen LogP contribution in [-0.4, -0.2) is 228 Å². The summed E-state index contributed by atoms with van der Waals surface area (Å²) >= 11 is 0. The molecule has 0 aliphatic rings. The van der Waals surface area contributed by atoms with Gasteiger partial charge in [0.25, 0.3) is 0 Å². The minimum Gasteiger partial charge on any atom is -0.391 e. The number of nitrogens with one attached hydrogen (secondary N) is 4. The fourth-order valence-corrected chi connectivity index (χ4v) is 8.89. The van der Waals surface area contributed by atoms with Crippen molar-refractivity contribution < 1.29 is 57.8 Å². The number of hydrogen-bond donors (Lipinski definition) is 5. The molecule has 0 bridgehead atoms. The minimum atomic E-state index is -1.22. The smallest absolute Gasteiger partial charge is 0.247 e. The molecule has 0 saturated heterocycles. The summed E-state index contributed by atoms with van der Waals surface area (Å²) in [6, 6.07) is -9.96. The standard InChI is InChI=1S/C54H99N11O12/c1-23-38(55-29-66)50(73)60(17)28-43(68)61(18)39(24-30(2)3)48(71)58-44(34(10)11)53(76)62(19)40(25-31(4)5)47(70)56-35(12)46(69)57-36(13)49(72)63(20)41(26-32(6)7)51(74)64(21)42(27-33(8)9)52(75)65(22)45(37(14)67)54(77)59(15)16/h29-42,44-45,67H,23-28H2,1-22H3,(H,55,66)(H,56,70)(H,57,69)(H,58,71)/t35-,36+,37?,38-,39-,40-,41-,42-,44-,45-/m0/s1. The number of nitrogens with zero attached hydrogens (tertiary/aromatic N) is 7. The Morgan fingerprint density at radius 1 is 0.455 bits per heavy atom. The van der Waals surface area contributed by atoms with E-state index in [-0.39, 0.29) is 55.9 Å². The SMILES string of the molecule is CC[C@H](NC=O)C(=O)N(C)CC(=O)N(C)[C@@H](CC(C)C)C(=O)N[C@H](C(=O)N(C)[C@@H](CC(C)C)C(=O)N[C@@H](C)C(=O)N[C@H](C)C(=O)N(C)[C@@H](CC(C)C)C(=O)N(C)[C@@H](CC(C)C)C(=O)N(C)[C@H](C(=O)N(C)C)C(C)O)C(C)C. The topological polar surface area (TPSA) is 279 Å². The van der Waals surface area contributed by atoms with Crippen molar-refractivity contribution in [2.45, 2.75) is 190 Å². The average Bonchev–Trinajstić information content (AvgIpc) is 3.33. The Morgan fingerprint density at radius 2 is 0.844 bits per heavy atom. The van der Waals surface area contributed by atoms with Gasteiger partial charge in [-0.05, 0) is 82.5 Å². The Morgan fingerprint density at radius 3 is 1.25 bits per heavy atom. The van der Waals surface area contributed by atoms with Crippen molar-refractivity contribution >= 4 is 65.5 Å². The second-order valence-corrected chi connectivity index (χ2v) is 22.9. The maximum atomic E-state index is 14.5. The van der Waals surface area contributed by atoms with Gasteiger partial charge in [0.05, 0.1) is 12.6 Å². The predicted molar refractivity (Wildman–Crippen MR) is 294 cm³/mol. The van der Waals surface area contributed by atoms with Gasteiger partial charge < -0.3 is 60.7 Å². The number of amides is 11. The summed E-state index contributed by atoms with van der Waals surface area (Å²) in [4.78, 5) is 158. The first-order chi connectivity index (χ1) is 35.4. The van der Waals surface area contributed by atoms with Crippen molar-refractivity contribution in [2.24, 2.45) is 29.6 Å². The van der Waals surface area contributed by atoms with E-state index in [0.717, 1.165) is 4.90 Å². The first-order valence-electron chi connectivity index (χ1n) is 27.0.